The SMILES string of the molecule is C=CC(=O)N1CC2(CC(n3nc(-c4ccc5nn(CCOC)cc5c4)c(-c4c(Cl)c(C)cc5[nH]ncc45)c3C)C2)C1. The van der Waals surface area contributed by atoms with Gasteiger partial charge < -0.3 is 9.64 Å². The molecule has 1 spiro atoms. The molecule has 41 heavy (non-hydrogen) atoms. The largest absolute Gasteiger partial charge is 0.383 e. The fraction of sp³-hybridized carbons (Fsp3) is 0.355. The smallest absolute Gasteiger partial charge is 0.245 e. The summed E-state index contributed by atoms with van der Waals surface area (Å²) in [4.78, 5) is 13.9. The third kappa shape index (κ3) is 4.09. The van der Waals surface area contributed by atoms with Gasteiger partial charge in [0.1, 0.15) is 5.69 Å². The lowest BCUT2D eigenvalue weighted by atomic mass is 9.60. The van der Waals surface area contributed by atoms with Gasteiger partial charge in [-0.3, -0.25) is 19.3 Å². The second-order valence-corrected chi connectivity index (χ2v) is 12.0. The minimum Gasteiger partial charge on any atom is -0.383 e. The Morgan fingerprint density at radius 1 is 1.22 bits per heavy atom. The number of carbonyl (C=O) groups is 1. The van der Waals surface area contributed by atoms with Gasteiger partial charge in [-0.05, 0) is 56.5 Å². The number of hydrogen-bond acceptors (Lipinski definition) is 5. The van der Waals surface area contributed by atoms with E-state index in [4.69, 9.17) is 26.5 Å². The molecule has 1 saturated carbocycles. The van der Waals surface area contributed by atoms with Crippen molar-refractivity contribution in [2.45, 2.75) is 39.3 Å². The predicted octanol–water partition coefficient (Wildman–Crippen LogP) is 5.71. The summed E-state index contributed by atoms with van der Waals surface area (Å²) in [6.07, 6.45) is 7.28. The van der Waals surface area contributed by atoms with Crippen LogP contribution < -0.4 is 0 Å². The number of H-pyrrole nitrogens is 1. The lowest BCUT2D eigenvalue weighted by Crippen LogP contribution is -2.63. The average Bonchev–Trinajstić information content (AvgIpc) is 3.63. The Morgan fingerprint density at radius 2 is 2.02 bits per heavy atom. The van der Waals surface area contributed by atoms with E-state index in [-0.39, 0.29) is 17.4 Å². The fourth-order valence-electron chi connectivity index (χ4n) is 6.76. The number of aryl methyl sites for hydroxylation is 1. The molecule has 1 amide bonds. The molecule has 9 nitrogen and oxygen atoms in total. The van der Waals surface area contributed by atoms with E-state index in [2.05, 4.69) is 52.8 Å². The molecule has 210 valence electrons. The second kappa shape index (κ2) is 9.56. The Kier molecular flexibility index (Phi) is 6.06. The van der Waals surface area contributed by atoms with E-state index in [1.54, 1.807) is 7.11 Å². The minimum absolute atomic E-state index is 0.0121. The van der Waals surface area contributed by atoms with Gasteiger partial charge in [0.25, 0.3) is 0 Å². The van der Waals surface area contributed by atoms with Crippen LogP contribution in [0.25, 0.3) is 44.2 Å². The number of aromatic nitrogens is 6. The zero-order valence-electron chi connectivity index (χ0n) is 23.4. The van der Waals surface area contributed by atoms with Crippen LogP contribution in [0.4, 0.5) is 0 Å². The first-order valence-corrected chi connectivity index (χ1v) is 14.3. The zero-order chi connectivity index (χ0) is 28.5. The summed E-state index contributed by atoms with van der Waals surface area (Å²) in [5.41, 5.74) is 7.98. The van der Waals surface area contributed by atoms with Gasteiger partial charge in [-0.25, -0.2) is 0 Å². The van der Waals surface area contributed by atoms with Crippen molar-refractivity contribution in [1.82, 2.24) is 34.7 Å². The van der Waals surface area contributed by atoms with E-state index in [0.717, 1.165) is 81.4 Å². The molecule has 10 heteroatoms. The number of nitrogens with one attached hydrogen (secondary N) is 1. The molecule has 1 N–H and O–H groups in total. The van der Waals surface area contributed by atoms with Gasteiger partial charge in [-0.1, -0.05) is 24.2 Å². The lowest BCUT2D eigenvalue weighted by Gasteiger charge is -2.58. The van der Waals surface area contributed by atoms with E-state index in [9.17, 15) is 4.79 Å². The van der Waals surface area contributed by atoms with Crippen LogP contribution in [0.15, 0.2) is 49.3 Å². The van der Waals surface area contributed by atoms with Crippen LogP contribution in [-0.4, -0.2) is 67.4 Å². The van der Waals surface area contributed by atoms with Gasteiger partial charge in [0.15, 0.2) is 0 Å². The molecule has 2 aliphatic rings. The molecule has 0 radical (unpaired) electrons. The number of nitrogens with zero attached hydrogens (tertiary/aromatic N) is 6. The lowest BCUT2D eigenvalue weighted by molar-refractivity contribution is -0.149. The second-order valence-electron chi connectivity index (χ2n) is 11.6. The van der Waals surface area contributed by atoms with Crippen LogP contribution in [0.3, 0.4) is 0 Å². The number of amides is 1. The Labute approximate surface area is 242 Å². The van der Waals surface area contributed by atoms with Crippen molar-refractivity contribution < 1.29 is 9.53 Å². The molecule has 5 aromatic rings. The van der Waals surface area contributed by atoms with Crippen LogP contribution in [0.5, 0.6) is 0 Å². The van der Waals surface area contributed by atoms with Crippen molar-refractivity contribution in [3.8, 4) is 22.4 Å². The highest BCUT2D eigenvalue weighted by Gasteiger charge is 2.54. The number of carbonyl (C=O) groups excluding carboxylic acids is 1. The van der Waals surface area contributed by atoms with E-state index < -0.39 is 0 Å². The van der Waals surface area contributed by atoms with E-state index in [0.29, 0.717) is 18.2 Å². The van der Waals surface area contributed by atoms with Crippen molar-refractivity contribution in [1.29, 1.82) is 0 Å². The Balaban J connectivity index is 1.33. The van der Waals surface area contributed by atoms with Gasteiger partial charge >= 0.3 is 0 Å². The third-order valence-electron chi connectivity index (χ3n) is 8.84. The summed E-state index contributed by atoms with van der Waals surface area (Å²) < 4.78 is 9.34. The molecule has 0 atom stereocenters. The molecular weight excluding hydrogens is 538 g/mol. The number of likely N-dealkylation sites (tertiary alicyclic amines) is 1. The maximum Gasteiger partial charge on any atom is 0.245 e. The molecule has 2 aromatic carbocycles. The summed E-state index contributed by atoms with van der Waals surface area (Å²) in [6.45, 7) is 10.7. The fourth-order valence-corrected chi connectivity index (χ4v) is 7.01. The maximum atomic E-state index is 12.0. The van der Waals surface area contributed by atoms with E-state index >= 15 is 0 Å². The third-order valence-corrected chi connectivity index (χ3v) is 9.32. The van der Waals surface area contributed by atoms with Crippen LogP contribution in [0, 0.1) is 19.3 Å². The van der Waals surface area contributed by atoms with E-state index in [1.807, 2.05) is 28.8 Å². The van der Waals surface area contributed by atoms with Crippen LogP contribution >= 0.6 is 11.6 Å². The molecule has 1 aliphatic carbocycles. The molecule has 4 heterocycles. The van der Waals surface area contributed by atoms with Gasteiger partial charge in [0, 0.05) is 65.0 Å². The summed E-state index contributed by atoms with van der Waals surface area (Å²) >= 11 is 7.07. The highest BCUT2D eigenvalue weighted by Crippen LogP contribution is 2.55. The Hall–Kier alpha value is -3.95. The number of ether oxygens (including phenoxy) is 1. The predicted molar refractivity (Wildman–Crippen MR) is 160 cm³/mol. The van der Waals surface area contributed by atoms with Gasteiger partial charge in [-0.2, -0.15) is 15.3 Å². The maximum absolute atomic E-state index is 12.0. The number of benzene rings is 2. The topological polar surface area (TPSA) is 93.9 Å². The minimum atomic E-state index is 0.0121. The molecule has 1 aliphatic heterocycles. The van der Waals surface area contributed by atoms with Crippen molar-refractivity contribution >= 4 is 39.3 Å². The molecule has 0 bridgehead atoms. The van der Waals surface area contributed by atoms with Crippen LogP contribution in [0.1, 0.15) is 30.1 Å². The molecule has 2 fully saturated rings. The number of hydrogen-bond donors (Lipinski definition) is 1. The van der Waals surface area contributed by atoms with Crippen molar-refractivity contribution in [3.63, 3.8) is 0 Å². The number of fused-ring (bicyclic) bond motifs is 2. The molecule has 1 saturated heterocycles. The average molecular weight is 570 g/mol. The molecule has 0 unspecified atom stereocenters. The van der Waals surface area contributed by atoms with Crippen LogP contribution in [-0.2, 0) is 16.1 Å². The number of methoxy groups -OCH3 is 1. The van der Waals surface area contributed by atoms with Gasteiger partial charge in [0.05, 0.1) is 41.4 Å². The first kappa shape index (κ1) is 26.0. The summed E-state index contributed by atoms with van der Waals surface area (Å²) in [7, 11) is 1.70. The molecule has 3 aromatic heterocycles. The van der Waals surface area contributed by atoms with E-state index in [1.165, 1.54) is 6.08 Å². The quantitative estimate of drug-likeness (QED) is 0.253. The Morgan fingerprint density at radius 3 is 2.78 bits per heavy atom. The normalized spacial score (nSPS) is 16.4. The summed E-state index contributed by atoms with van der Waals surface area (Å²) in [5, 5.41) is 20.2. The summed E-state index contributed by atoms with van der Waals surface area (Å²) in [5.74, 6) is 0.0121. The highest BCUT2D eigenvalue weighted by atomic mass is 35.5. The first-order valence-electron chi connectivity index (χ1n) is 13.9. The van der Waals surface area contributed by atoms with Gasteiger partial charge in [-0.15, -0.1) is 0 Å². The monoisotopic (exact) mass is 569 g/mol. The molecule has 7 rings (SSSR count). The summed E-state index contributed by atoms with van der Waals surface area (Å²) in [6, 6.07) is 8.60. The van der Waals surface area contributed by atoms with Crippen molar-refractivity contribution in [2.75, 3.05) is 26.8 Å². The number of rotatable bonds is 7. The number of aromatic amines is 1. The van der Waals surface area contributed by atoms with Gasteiger partial charge in [0.2, 0.25) is 5.91 Å². The number of halogens is 1. The highest BCUT2D eigenvalue weighted by molar-refractivity contribution is 6.36. The van der Waals surface area contributed by atoms with Crippen LogP contribution in [0.2, 0.25) is 5.02 Å². The Bertz CT molecular complexity index is 1830. The van der Waals surface area contributed by atoms with Crippen molar-refractivity contribution in [3.05, 3.63) is 65.6 Å². The zero-order valence-corrected chi connectivity index (χ0v) is 24.2. The molecular formula is C31H32ClN7O2. The first-order chi connectivity index (χ1) is 19.8. The standard InChI is InChI=1S/C31H32ClN7O2/c1-5-26(40)37-16-31(17-37)12-22(13-31)39-19(3)27(28-23-14-33-34-25(23)10-18(2)29(28)32)30(36-39)20-6-7-24-21(11-20)15-38(35-24)8-9-41-4/h5-7,10-11,14-15,22H,1,8-9,12-13,16-17H2,2-4H3,(H,33,34). The van der Waals surface area contributed by atoms with Crippen molar-refractivity contribution in [2.24, 2.45) is 5.41 Å².